The molecular weight excluding hydrogens is 160 g/mol. The molecule has 0 saturated heterocycles. The Balaban J connectivity index is 0. The van der Waals surface area contributed by atoms with Crippen LogP contribution in [0.2, 0.25) is 0 Å². The van der Waals surface area contributed by atoms with Gasteiger partial charge < -0.3 is 10.2 Å². The summed E-state index contributed by atoms with van der Waals surface area (Å²) >= 11 is 0. The van der Waals surface area contributed by atoms with Gasteiger partial charge in [-0.3, -0.25) is 4.79 Å². The number of aliphatic carboxylic acids is 2. The highest BCUT2D eigenvalue weighted by molar-refractivity contribution is 5.86. The lowest BCUT2D eigenvalue weighted by Gasteiger charge is -1.79. The average molecular weight is 172 g/mol. The lowest BCUT2D eigenvalue weighted by atomic mass is 10.4. The third-order valence-electron chi connectivity index (χ3n) is 0.696. The zero-order valence-corrected chi connectivity index (χ0v) is 7.13. The molecule has 0 aromatic carbocycles. The molecule has 0 amide bonds. The standard InChI is InChI=1S/C4H8O2.C4H4O2/c2*1-2-3-4(5)6/h2-3H2,1H3,(H,5,6);1H3,(H,5,6). The summed E-state index contributed by atoms with van der Waals surface area (Å²) in [6.45, 7) is 3.32. The molecule has 0 aromatic heterocycles. The van der Waals surface area contributed by atoms with Crippen LogP contribution in [0.15, 0.2) is 0 Å². The van der Waals surface area contributed by atoms with E-state index in [-0.39, 0.29) is 0 Å². The molecule has 0 rings (SSSR count). The monoisotopic (exact) mass is 172 g/mol. The minimum absolute atomic E-state index is 0.292. The van der Waals surface area contributed by atoms with Crippen LogP contribution < -0.4 is 0 Å². The topological polar surface area (TPSA) is 74.6 Å². The first-order valence-corrected chi connectivity index (χ1v) is 3.42. The minimum atomic E-state index is -1.07. The fourth-order valence-corrected chi connectivity index (χ4v) is 0.321. The molecule has 68 valence electrons. The molecule has 0 saturated carbocycles. The zero-order valence-electron chi connectivity index (χ0n) is 7.13. The van der Waals surface area contributed by atoms with Gasteiger partial charge in [-0.25, -0.2) is 4.79 Å². The molecule has 0 bridgehead atoms. The Bertz CT molecular complexity index is 197. The summed E-state index contributed by atoms with van der Waals surface area (Å²) in [4.78, 5) is 19.0. The van der Waals surface area contributed by atoms with Crippen LogP contribution in [0, 0.1) is 11.8 Å². The van der Waals surface area contributed by atoms with E-state index in [1.165, 1.54) is 6.92 Å². The molecule has 0 atom stereocenters. The number of hydrogen-bond acceptors (Lipinski definition) is 2. The van der Waals surface area contributed by atoms with Gasteiger partial charge in [0.05, 0.1) is 0 Å². The van der Waals surface area contributed by atoms with Crippen LogP contribution in [0.25, 0.3) is 0 Å². The van der Waals surface area contributed by atoms with Crippen molar-refractivity contribution in [3.05, 3.63) is 0 Å². The van der Waals surface area contributed by atoms with Crippen LogP contribution in [-0.2, 0) is 9.59 Å². The third-order valence-corrected chi connectivity index (χ3v) is 0.696. The van der Waals surface area contributed by atoms with E-state index in [1.54, 1.807) is 0 Å². The number of carboxylic acids is 2. The van der Waals surface area contributed by atoms with E-state index < -0.39 is 11.9 Å². The lowest BCUT2D eigenvalue weighted by Crippen LogP contribution is -1.90. The van der Waals surface area contributed by atoms with Gasteiger partial charge in [-0.05, 0) is 13.3 Å². The van der Waals surface area contributed by atoms with Crippen molar-refractivity contribution < 1.29 is 19.8 Å². The highest BCUT2D eigenvalue weighted by Crippen LogP contribution is 1.82. The predicted molar refractivity (Wildman–Crippen MR) is 43.6 cm³/mol. The highest BCUT2D eigenvalue weighted by atomic mass is 16.4. The molecule has 0 radical (unpaired) electrons. The minimum Gasteiger partial charge on any atom is -0.481 e. The first kappa shape index (κ1) is 13.1. The van der Waals surface area contributed by atoms with Crippen molar-refractivity contribution in [3.8, 4) is 11.8 Å². The van der Waals surface area contributed by atoms with Gasteiger partial charge in [-0.1, -0.05) is 12.8 Å². The Morgan fingerprint density at radius 3 is 1.83 bits per heavy atom. The molecule has 0 heterocycles. The largest absolute Gasteiger partial charge is 0.481 e. The summed E-state index contributed by atoms with van der Waals surface area (Å²) < 4.78 is 0. The van der Waals surface area contributed by atoms with Crippen molar-refractivity contribution in [2.75, 3.05) is 0 Å². The summed E-state index contributed by atoms with van der Waals surface area (Å²) in [7, 11) is 0. The van der Waals surface area contributed by atoms with Crippen molar-refractivity contribution in [1.82, 2.24) is 0 Å². The van der Waals surface area contributed by atoms with E-state index in [1.807, 2.05) is 12.8 Å². The Hall–Kier alpha value is -1.50. The van der Waals surface area contributed by atoms with E-state index in [2.05, 4.69) is 5.92 Å². The fourth-order valence-electron chi connectivity index (χ4n) is 0.321. The van der Waals surface area contributed by atoms with Gasteiger partial charge in [0.15, 0.2) is 0 Å². The lowest BCUT2D eigenvalue weighted by molar-refractivity contribution is -0.137. The molecular formula is C8H12O4. The second-order valence-electron chi connectivity index (χ2n) is 1.82. The first-order valence-electron chi connectivity index (χ1n) is 3.42. The summed E-state index contributed by atoms with van der Waals surface area (Å²) in [6, 6.07) is 0. The zero-order chi connectivity index (χ0) is 9.98. The maximum absolute atomic E-state index is 9.60. The van der Waals surface area contributed by atoms with Gasteiger partial charge >= 0.3 is 11.9 Å². The molecule has 0 fully saturated rings. The summed E-state index contributed by atoms with van der Waals surface area (Å²) in [6.07, 6.45) is 1.02. The second-order valence-corrected chi connectivity index (χ2v) is 1.82. The van der Waals surface area contributed by atoms with Crippen molar-refractivity contribution >= 4 is 11.9 Å². The quantitative estimate of drug-likeness (QED) is 0.608. The second kappa shape index (κ2) is 9.50. The molecule has 0 aliphatic rings. The van der Waals surface area contributed by atoms with E-state index in [4.69, 9.17) is 10.2 Å². The van der Waals surface area contributed by atoms with Crippen molar-refractivity contribution in [2.24, 2.45) is 0 Å². The van der Waals surface area contributed by atoms with Crippen molar-refractivity contribution in [1.29, 1.82) is 0 Å². The van der Waals surface area contributed by atoms with Crippen LogP contribution in [0.5, 0.6) is 0 Å². The van der Waals surface area contributed by atoms with Crippen LogP contribution in [-0.4, -0.2) is 22.2 Å². The number of rotatable bonds is 2. The van der Waals surface area contributed by atoms with Crippen molar-refractivity contribution in [2.45, 2.75) is 26.7 Å². The molecule has 12 heavy (non-hydrogen) atoms. The Morgan fingerprint density at radius 2 is 1.83 bits per heavy atom. The maximum Gasteiger partial charge on any atom is 0.381 e. The molecule has 0 aliphatic carbocycles. The number of hydrogen-bond donors (Lipinski definition) is 2. The first-order chi connectivity index (χ1) is 5.54. The highest BCUT2D eigenvalue weighted by Gasteiger charge is 1.87. The molecule has 4 heteroatoms. The molecule has 0 unspecified atom stereocenters. The molecule has 0 aromatic rings. The Morgan fingerprint density at radius 1 is 1.33 bits per heavy atom. The third kappa shape index (κ3) is 23.6. The SMILES string of the molecule is CC#CC(=O)O.CCCC(=O)O. The van der Waals surface area contributed by atoms with Crippen LogP contribution in [0.3, 0.4) is 0 Å². The Labute approximate surface area is 71.2 Å². The van der Waals surface area contributed by atoms with E-state index in [0.29, 0.717) is 6.42 Å². The fraction of sp³-hybridized carbons (Fsp3) is 0.500. The molecule has 0 spiro atoms. The molecule has 0 aliphatic heterocycles. The van der Waals surface area contributed by atoms with Gasteiger partial charge in [-0.15, -0.1) is 0 Å². The van der Waals surface area contributed by atoms with E-state index >= 15 is 0 Å². The summed E-state index contributed by atoms with van der Waals surface area (Å²) in [5.74, 6) is 2.31. The van der Waals surface area contributed by atoms with Gasteiger partial charge in [-0.2, -0.15) is 0 Å². The van der Waals surface area contributed by atoms with Gasteiger partial charge in [0.25, 0.3) is 0 Å². The summed E-state index contributed by atoms with van der Waals surface area (Å²) in [5.41, 5.74) is 0. The van der Waals surface area contributed by atoms with Crippen molar-refractivity contribution in [3.63, 3.8) is 0 Å². The maximum atomic E-state index is 9.60. The normalized spacial score (nSPS) is 6.83. The Kier molecular flexibility index (Phi) is 10.4. The average Bonchev–Trinajstić information content (AvgIpc) is 1.87. The predicted octanol–water partition coefficient (Wildman–Crippen LogP) is 0.965. The van der Waals surface area contributed by atoms with E-state index in [0.717, 1.165) is 6.42 Å². The van der Waals surface area contributed by atoms with Crippen LogP contribution >= 0.6 is 0 Å². The van der Waals surface area contributed by atoms with E-state index in [9.17, 15) is 9.59 Å². The summed E-state index contributed by atoms with van der Waals surface area (Å²) in [5, 5.41) is 15.7. The van der Waals surface area contributed by atoms with Crippen LogP contribution in [0.1, 0.15) is 26.7 Å². The van der Waals surface area contributed by atoms with Crippen LogP contribution in [0.4, 0.5) is 0 Å². The number of carboxylic acid groups (broad SMARTS) is 2. The molecule has 2 N–H and O–H groups in total. The number of carbonyl (C=O) groups is 2. The van der Waals surface area contributed by atoms with Gasteiger partial charge in [0, 0.05) is 12.3 Å². The van der Waals surface area contributed by atoms with Gasteiger partial charge in [0.1, 0.15) is 0 Å². The smallest absolute Gasteiger partial charge is 0.381 e. The molecule has 4 nitrogen and oxygen atoms in total. The van der Waals surface area contributed by atoms with Gasteiger partial charge in [0.2, 0.25) is 0 Å².